The van der Waals surface area contributed by atoms with Gasteiger partial charge in [0.1, 0.15) is 76.8 Å². The van der Waals surface area contributed by atoms with Crippen molar-refractivity contribution in [3.63, 3.8) is 0 Å². The van der Waals surface area contributed by atoms with Gasteiger partial charge in [-0.2, -0.15) is 19.0 Å². The maximum absolute atomic E-state index is 14.8. The Morgan fingerprint density at radius 1 is 0.928 bits per heavy atom. The Balaban J connectivity index is 1.03. The first-order chi connectivity index (χ1) is 38.8. The van der Waals surface area contributed by atoms with E-state index < -0.39 is 117 Å². The lowest BCUT2D eigenvalue weighted by Crippen LogP contribution is -2.60. The number of alkyl halides is 2. The average molecular weight is 1180 g/mol. The van der Waals surface area contributed by atoms with Crippen LogP contribution in [0.2, 0.25) is 0 Å². The zero-order valence-electron chi connectivity index (χ0n) is 47.1. The van der Waals surface area contributed by atoms with Gasteiger partial charge in [0.15, 0.2) is 0 Å². The summed E-state index contributed by atoms with van der Waals surface area (Å²) < 4.78 is 117. The predicted molar refractivity (Wildman–Crippen MR) is 296 cm³/mol. The third-order valence-corrected chi connectivity index (χ3v) is 14.4. The fourth-order valence-corrected chi connectivity index (χ4v) is 9.57. The molecule has 5 amide bonds. The number of carbonyl (C=O) groups excluding carboxylic acids is 5. The van der Waals surface area contributed by atoms with Crippen molar-refractivity contribution in [2.45, 2.75) is 110 Å². The van der Waals surface area contributed by atoms with Gasteiger partial charge in [0.25, 0.3) is 10.0 Å². The molecule has 0 saturated carbocycles. The summed E-state index contributed by atoms with van der Waals surface area (Å²) in [6, 6.07) is 7.72. The van der Waals surface area contributed by atoms with E-state index in [0.717, 1.165) is 28.0 Å². The number of hydrogen-bond donors (Lipinski definition) is 5. The van der Waals surface area contributed by atoms with Crippen LogP contribution in [0.1, 0.15) is 73.5 Å². The number of likely N-dealkylation sites (N-methyl/N-ethyl adjacent to an activating group) is 1. The first kappa shape index (κ1) is 62.2. The summed E-state index contributed by atoms with van der Waals surface area (Å²) in [6.07, 6.45) is 2.96. The van der Waals surface area contributed by atoms with Crippen molar-refractivity contribution in [2.75, 3.05) is 42.6 Å². The molecule has 1 saturated heterocycles. The van der Waals surface area contributed by atoms with E-state index in [2.05, 4.69) is 26.0 Å². The van der Waals surface area contributed by atoms with Crippen LogP contribution in [0, 0.1) is 22.9 Å². The molecular weight excluding hydrogens is 1120 g/mol. The fourth-order valence-electron chi connectivity index (χ4n) is 9.01. The summed E-state index contributed by atoms with van der Waals surface area (Å²) in [5.74, 6) is -9.53. The summed E-state index contributed by atoms with van der Waals surface area (Å²) in [5.41, 5.74) is 6.29. The second-order valence-electron chi connectivity index (χ2n) is 21.9. The molecule has 4 heterocycles. The summed E-state index contributed by atoms with van der Waals surface area (Å²) >= 11 is 0. The molecule has 4 unspecified atom stereocenters. The number of halogens is 5. The zero-order valence-corrected chi connectivity index (χ0v) is 47.9. The van der Waals surface area contributed by atoms with Crippen LogP contribution >= 0.6 is 0 Å². The standard InChI is InChI=1S/C55H65F5N12O10S/c1-29(69(9)53(77)82-55(6,7)8)49(74)66-47(54(3,4)5)51(76)72-27-35(23-40(72)50(75)65-45-37(57)12-11-13-38(45)58)64-42(73)28-80-21-20-71-26-33(24-63-71)36-25-62-48(61)43-44(67-70(10)46(36)43)32-16-19-39(68-83(78,79)52(59)60)41(22-32)81-30(2)31-14-17-34(56)18-15-31/h11-19,22,24-26,29-30,35,40,47,52,68H,20-21,23,27-28H2,1-10H3,(H2,61,62)(H,64,73)(H,65,75)(H,66,74)/t29?,30?,35?,40-,47?/m0/s1. The van der Waals surface area contributed by atoms with Gasteiger partial charge in [-0.1, -0.05) is 45.0 Å². The summed E-state index contributed by atoms with van der Waals surface area (Å²) in [6.45, 7) is 12.4. The Labute approximate surface area is 475 Å². The van der Waals surface area contributed by atoms with Gasteiger partial charge in [-0.25, -0.2) is 31.4 Å². The summed E-state index contributed by atoms with van der Waals surface area (Å²) in [5, 5.41) is 17.2. The van der Waals surface area contributed by atoms with Crippen LogP contribution in [0.25, 0.3) is 33.3 Å². The lowest BCUT2D eigenvalue weighted by Gasteiger charge is -2.36. The fraction of sp³-hybridized carbons (Fsp3) is 0.418. The molecule has 3 aromatic carbocycles. The number of nitrogens with zero attached hydrogens (tertiary/aromatic N) is 7. The number of pyridine rings is 1. The molecule has 6 N–H and O–H groups in total. The Hall–Kier alpha value is -8.40. The zero-order chi connectivity index (χ0) is 61.0. The van der Waals surface area contributed by atoms with Crippen LogP contribution in [0.4, 0.5) is 43.9 Å². The second kappa shape index (κ2) is 25.0. The topological polar surface area (TPSA) is 276 Å². The van der Waals surface area contributed by atoms with E-state index in [1.54, 1.807) is 77.3 Å². The van der Waals surface area contributed by atoms with E-state index in [1.165, 1.54) is 62.6 Å². The third kappa shape index (κ3) is 14.8. The molecule has 0 aliphatic carbocycles. The first-order valence-electron chi connectivity index (χ1n) is 26.0. The molecule has 0 bridgehead atoms. The van der Waals surface area contributed by atoms with Gasteiger partial charge in [-0.05, 0) is 88.4 Å². The molecule has 3 aromatic heterocycles. The predicted octanol–water partition coefficient (Wildman–Crippen LogP) is 7.13. The van der Waals surface area contributed by atoms with Crippen LogP contribution in [0.3, 0.4) is 0 Å². The number of nitrogens with two attached hydrogens (primary N) is 1. The van der Waals surface area contributed by atoms with Gasteiger partial charge in [-0.15, -0.1) is 0 Å². The highest BCUT2D eigenvalue weighted by molar-refractivity contribution is 7.93. The molecule has 7 rings (SSSR count). The Bertz CT molecular complexity index is 3500. The average Bonchev–Trinajstić information content (AvgIpc) is 4.38. The number of para-hydroxylation sites is 1. The van der Waals surface area contributed by atoms with E-state index in [4.69, 9.17) is 25.0 Å². The molecule has 22 nitrogen and oxygen atoms in total. The highest BCUT2D eigenvalue weighted by Gasteiger charge is 2.46. The maximum Gasteiger partial charge on any atom is 0.410 e. The normalized spacial score (nSPS) is 15.8. The van der Waals surface area contributed by atoms with Crippen LogP contribution in [-0.4, -0.2) is 135 Å². The van der Waals surface area contributed by atoms with Gasteiger partial charge in [0.2, 0.25) is 23.6 Å². The van der Waals surface area contributed by atoms with Crippen LogP contribution in [-0.2, 0) is 52.3 Å². The number of aryl methyl sites for hydroxylation is 1. The van der Waals surface area contributed by atoms with Gasteiger partial charge >= 0.3 is 11.9 Å². The highest BCUT2D eigenvalue weighted by Crippen LogP contribution is 2.41. The SMILES string of the molecule is CC(Oc1cc(-c2nn(C)c3c(-c4cnn(CCOCC(=O)NC5C[C@@H](C(=O)Nc6c(F)cccc6F)N(C(=O)C(NC(=O)C(C)N(C)C(=O)OC(C)(C)C)C(C)(C)C)C5)c4)cnc(N)c23)ccc1NS(=O)(=O)C(F)F)c1ccc(F)cc1. The number of amides is 5. The molecular formula is C55H65F5N12O10S. The number of ether oxygens (including phenoxy) is 3. The van der Waals surface area contributed by atoms with E-state index in [9.17, 15) is 54.3 Å². The minimum Gasteiger partial charge on any atom is -0.484 e. The molecule has 446 valence electrons. The van der Waals surface area contributed by atoms with Crippen LogP contribution in [0.5, 0.6) is 5.75 Å². The first-order valence-corrected chi connectivity index (χ1v) is 27.6. The number of fused-ring (bicyclic) bond motifs is 1. The largest absolute Gasteiger partial charge is 0.484 e. The van der Waals surface area contributed by atoms with Crippen molar-refractivity contribution in [2.24, 2.45) is 12.5 Å². The number of nitrogen functional groups attached to an aromatic ring is 1. The maximum atomic E-state index is 14.8. The van der Waals surface area contributed by atoms with Gasteiger partial charge < -0.3 is 40.8 Å². The van der Waals surface area contributed by atoms with Crippen molar-refractivity contribution in [3.8, 4) is 28.1 Å². The number of sulfonamides is 1. The number of carbonyl (C=O) groups is 5. The smallest absolute Gasteiger partial charge is 0.410 e. The van der Waals surface area contributed by atoms with Gasteiger partial charge in [0.05, 0.1) is 35.9 Å². The summed E-state index contributed by atoms with van der Waals surface area (Å²) in [4.78, 5) is 75.0. The molecule has 28 heteroatoms. The van der Waals surface area contributed by atoms with Crippen LogP contribution in [0.15, 0.2) is 79.3 Å². The molecule has 1 fully saturated rings. The van der Waals surface area contributed by atoms with E-state index in [0.29, 0.717) is 33.2 Å². The van der Waals surface area contributed by atoms with Crippen molar-refractivity contribution in [1.29, 1.82) is 0 Å². The van der Waals surface area contributed by atoms with Crippen molar-refractivity contribution < 1.29 is 68.6 Å². The van der Waals surface area contributed by atoms with Crippen molar-refractivity contribution in [3.05, 3.63) is 102 Å². The second-order valence-corrected chi connectivity index (χ2v) is 23.5. The number of likely N-dealkylation sites (tertiary alicyclic amines) is 1. The lowest BCUT2D eigenvalue weighted by atomic mass is 9.85. The molecule has 1 aliphatic heterocycles. The Morgan fingerprint density at radius 2 is 1.60 bits per heavy atom. The van der Waals surface area contributed by atoms with E-state index in [1.807, 2.05) is 4.72 Å². The molecule has 6 aromatic rings. The minimum absolute atomic E-state index is 0.0313. The number of anilines is 3. The summed E-state index contributed by atoms with van der Waals surface area (Å²) in [7, 11) is -2.12. The number of hydrogen-bond acceptors (Lipinski definition) is 14. The third-order valence-electron chi connectivity index (χ3n) is 13.4. The molecule has 1 aliphatic rings. The number of aromatic nitrogens is 5. The van der Waals surface area contributed by atoms with Crippen LogP contribution < -0.4 is 31.1 Å². The quantitative estimate of drug-likeness (QED) is 0.0376. The number of nitrogens with one attached hydrogen (secondary N) is 4. The van der Waals surface area contributed by atoms with Crippen molar-refractivity contribution >= 4 is 67.8 Å². The Kier molecular flexibility index (Phi) is 18.7. The molecule has 83 heavy (non-hydrogen) atoms. The van der Waals surface area contributed by atoms with E-state index in [-0.39, 0.29) is 49.1 Å². The van der Waals surface area contributed by atoms with Gasteiger partial charge in [-0.3, -0.25) is 38.2 Å². The lowest BCUT2D eigenvalue weighted by molar-refractivity contribution is -0.143. The number of rotatable bonds is 20. The van der Waals surface area contributed by atoms with E-state index >= 15 is 0 Å². The number of benzene rings is 3. The molecule has 0 spiro atoms. The Morgan fingerprint density at radius 3 is 2.24 bits per heavy atom. The minimum atomic E-state index is -5.13. The highest BCUT2D eigenvalue weighted by atomic mass is 32.2. The monoisotopic (exact) mass is 1180 g/mol. The molecule has 5 atom stereocenters. The van der Waals surface area contributed by atoms with Gasteiger partial charge in [0, 0.05) is 55.8 Å². The van der Waals surface area contributed by atoms with Crippen molar-refractivity contribution in [1.82, 2.24) is 45.0 Å². The molecule has 0 radical (unpaired) electrons.